The van der Waals surface area contributed by atoms with Gasteiger partial charge in [-0.1, -0.05) is 42.5 Å². The predicted octanol–water partition coefficient (Wildman–Crippen LogP) is 5.41. The van der Waals surface area contributed by atoms with Gasteiger partial charge in [-0.2, -0.15) is 0 Å². The minimum atomic E-state index is -0.963. The molecule has 26 heavy (non-hydrogen) atoms. The van der Waals surface area contributed by atoms with Crippen molar-refractivity contribution in [2.45, 2.75) is 0 Å². The lowest BCUT2D eigenvalue weighted by atomic mass is 9.98. The standard InChI is InChI=1S/C22H14FNO2/c23-18-5-3-4-14(11-18)17-10-16-9-8-15(12-21(16)24-13-17)19-6-1-2-7-20(19)22(25)26/h1-13H,(H,25,26). The second-order valence-electron chi connectivity index (χ2n) is 5.99. The molecule has 0 saturated carbocycles. The fourth-order valence-corrected chi connectivity index (χ4v) is 3.04. The van der Waals surface area contributed by atoms with Crippen LogP contribution in [0.4, 0.5) is 4.39 Å². The second kappa shape index (κ2) is 6.41. The fourth-order valence-electron chi connectivity index (χ4n) is 3.04. The van der Waals surface area contributed by atoms with Crippen LogP contribution >= 0.6 is 0 Å². The summed E-state index contributed by atoms with van der Waals surface area (Å²) in [5.41, 5.74) is 4.04. The zero-order chi connectivity index (χ0) is 18.1. The molecule has 126 valence electrons. The van der Waals surface area contributed by atoms with E-state index in [1.165, 1.54) is 12.1 Å². The first kappa shape index (κ1) is 16.0. The summed E-state index contributed by atoms with van der Waals surface area (Å²) in [6, 6.07) is 20.9. The Labute approximate surface area is 149 Å². The van der Waals surface area contributed by atoms with Crippen LogP contribution in [-0.2, 0) is 0 Å². The number of fused-ring (bicyclic) bond motifs is 1. The van der Waals surface area contributed by atoms with E-state index in [-0.39, 0.29) is 11.4 Å². The maximum absolute atomic E-state index is 13.4. The highest BCUT2D eigenvalue weighted by molar-refractivity contribution is 5.97. The van der Waals surface area contributed by atoms with Crippen LogP contribution in [0.5, 0.6) is 0 Å². The molecule has 4 aromatic rings. The van der Waals surface area contributed by atoms with Crippen molar-refractivity contribution < 1.29 is 14.3 Å². The summed E-state index contributed by atoms with van der Waals surface area (Å²) in [7, 11) is 0. The summed E-state index contributed by atoms with van der Waals surface area (Å²) in [5, 5.41) is 10.3. The monoisotopic (exact) mass is 343 g/mol. The van der Waals surface area contributed by atoms with Crippen LogP contribution in [0.1, 0.15) is 10.4 Å². The van der Waals surface area contributed by atoms with E-state index < -0.39 is 5.97 Å². The number of benzene rings is 3. The third-order valence-corrected chi connectivity index (χ3v) is 4.31. The van der Waals surface area contributed by atoms with E-state index in [0.29, 0.717) is 5.56 Å². The summed E-state index contributed by atoms with van der Waals surface area (Å²) in [5.74, 6) is -1.25. The molecule has 3 nitrogen and oxygen atoms in total. The average molecular weight is 343 g/mol. The Hall–Kier alpha value is -3.53. The van der Waals surface area contributed by atoms with Gasteiger partial charge in [0.15, 0.2) is 0 Å². The van der Waals surface area contributed by atoms with Gasteiger partial charge in [0.1, 0.15) is 5.82 Å². The summed E-state index contributed by atoms with van der Waals surface area (Å²) in [6.45, 7) is 0. The van der Waals surface area contributed by atoms with Gasteiger partial charge in [0, 0.05) is 17.1 Å². The van der Waals surface area contributed by atoms with Gasteiger partial charge >= 0.3 is 5.97 Å². The second-order valence-corrected chi connectivity index (χ2v) is 5.99. The maximum Gasteiger partial charge on any atom is 0.336 e. The van der Waals surface area contributed by atoms with Crippen molar-refractivity contribution >= 4 is 16.9 Å². The Morgan fingerprint density at radius 3 is 2.50 bits per heavy atom. The number of aromatic nitrogens is 1. The number of aromatic carboxylic acids is 1. The molecule has 0 bridgehead atoms. The van der Waals surface area contributed by atoms with Crippen molar-refractivity contribution in [1.29, 1.82) is 0 Å². The first-order chi connectivity index (χ1) is 12.6. The number of carbonyl (C=O) groups is 1. The third kappa shape index (κ3) is 2.93. The van der Waals surface area contributed by atoms with Crippen LogP contribution in [0.3, 0.4) is 0 Å². The van der Waals surface area contributed by atoms with Gasteiger partial charge in [-0.3, -0.25) is 4.98 Å². The Morgan fingerprint density at radius 2 is 1.69 bits per heavy atom. The molecule has 0 fully saturated rings. The zero-order valence-corrected chi connectivity index (χ0v) is 13.7. The molecule has 0 amide bonds. The molecule has 0 aliphatic carbocycles. The van der Waals surface area contributed by atoms with Crippen LogP contribution < -0.4 is 0 Å². The van der Waals surface area contributed by atoms with Crippen LogP contribution in [0.25, 0.3) is 33.2 Å². The number of carboxylic acid groups (broad SMARTS) is 1. The van der Waals surface area contributed by atoms with Crippen LogP contribution in [-0.4, -0.2) is 16.1 Å². The molecular weight excluding hydrogens is 329 g/mol. The topological polar surface area (TPSA) is 50.2 Å². The molecule has 1 heterocycles. The van der Waals surface area contributed by atoms with Crippen LogP contribution in [0.15, 0.2) is 79.0 Å². The van der Waals surface area contributed by atoms with Crippen LogP contribution in [0.2, 0.25) is 0 Å². The maximum atomic E-state index is 13.4. The first-order valence-electron chi connectivity index (χ1n) is 8.10. The Kier molecular flexibility index (Phi) is 3.93. The van der Waals surface area contributed by atoms with Crippen molar-refractivity contribution in [3.63, 3.8) is 0 Å². The lowest BCUT2D eigenvalue weighted by Gasteiger charge is -2.08. The van der Waals surface area contributed by atoms with Crippen molar-refractivity contribution in [3.05, 3.63) is 90.4 Å². The molecule has 0 atom stereocenters. The molecule has 0 spiro atoms. The molecule has 3 aromatic carbocycles. The van der Waals surface area contributed by atoms with Gasteiger partial charge in [-0.15, -0.1) is 0 Å². The SMILES string of the molecule is O=C(O)c1ccccc1-c1ccc2cc(-c3cccc(F)c3)cnc2c1. The van der Waals surface area contributed by atoms with E-state index in [1.54, 1.807) is 30.5 Å². The Bertz CT molecular complexity index is 1140. The van der Waals surface area contributed by atoms with E-state index in [9.17, 15) is 14.3 Å². The number of nitrogens with zero attached hydrogens (tertiary/aromatic N) is 1. The van der Waals surface area contributed by atoms with Gasteiger partial charge in [-0.25, -0.2) is 9.18 Å². The molecule has 0 radical (unpaired) electrons. The molecule has 0 aliphatic rings. The Balaban J connectivity index is 1.80. The number of rotatable bonds is 3. The smallest absolute Gasteiger partial charge is 0.336 e. The molecule has 1 N–H and O–H groups in total. The normalized spacial score (nSPS) is 10.8. The zero-order valence-electron chi connectivity index (χ0n) is 13.7. The van der Waals surface area contributed by atoms with Gasteiger partial charge in [0.2, 0.25) is 0 Å². The number of halogens is 1. The lowest BCUT2D eigenvalue weighted by Crippen LogP contribution is -1.99. The number of hydrogen-bond donors (Lipinski definition) is 1. The highest BCUT2D eigenvalue weighted by Gasteiger charge is 2.11. The summed E-state index contributed by atoms with van der Waals surface area (Å²) in [6.07, 6.45) is 1.70. The van der Waals surface area contributed by atoms with Crippen molar-refractivity contribution in [1.82, 2.24) is 4.98 Å². The number of hydrogen-bond acceptors (Lipinski definition) is 2. The van der Waals surface area contributed by atoms with Crippen LogP contribution in [0, 0.1) is 5.82 Å². The minimum Gasteiger partial charge on any atom is -0.478 e. The molecule has 1 aromatic heterocycles. The summed E-state index contributed by atoms with van der Waals surface area (Å²) < 4.78 is 13.4. The number of carboxylic acids is 1. The predicted molar refractivity (Wildman–Crippen MR) is 99.5 cm³/mol. The average Bonchev–Trinajstić information content (AvgIpc) is 2.67. The molecule has 4 rings (SSSR count). The molecule has 4 heteroatoms. The molecule has 0 unspecified atom stereocenters. The largest absolute Gasteiger partial charge is 0.478 e. The highest BCUT2D eigenvalue weighted by atomic mass is 19.1. The Morgan fingerprint density at radius 1 is 0.846 bits per heavy atom. The lowest BCUT2D eigenvalue weighted by molar-refractivity contribution is 0.0697. The molecule has 0 aliphatic heterocycles. The first-order valence-corrected chi connectivity index (χ1v) is 8.10. The fraction of sp³-hybridized carbons (Fsp3) is 0. The summed E-state index contributed by atoms with van der Waals surface area (Å²) in [4.78, 5) is 15.9. The van der Waals surface area contributed by atoms with Crippen molar-refractivity contribution in [2.24, 2.45) is 0 Å². The van der Waals surface area contributed by atoms with Gasteiger partial charge in [0.05, 0.1) is 11.1 Å². The van der Waals surface area contributed by atoms with E-state index in [0.717, 1.165) is 27.6 Å². The van der Waals surface area contributed by atoms with E-state index in [1.807, 2.05) is 36.4 Å². The van der Waals surface area contributed by atoms with Gasteiger partial charge < -0.3 is 5.11 Å². The van der Waals surface area contributed by atoms with E-state index in [4.69, 9.17) is 0 Å². The number of pyridine rings is 1. The molecule has 0 saturated heterocycles. The molecular formula is C22H14FNO2. The highest BCUT2D eigenvalue weighted by Crippen LogP contribution is 2.29. The van der Waals surface area contributed by atoms with Gasteiger partial charge in [0.25, 0.3) is 0 Å². The van der Waals surface area contributed by atoms with E-state index >= 15 is 0 Å². The summed E-state index contributed by atoms with van der Waals surface area (Å²) >= 11 is 0. The van der Waals surface area contributed by atoms with E-state index in [2.05, 4.69) is 4.98 Å². The van der Waals surface area contributed by atoms with Crippen molar-refractivity contribution in [2.75, 3.05) is 0 Å². The minimum absolute atomic E-state index is 0.253. The van der Waals surface area contributed by atoms with Gasteiger partial charge in [-0.05, 0) is 47.0 Å². The quantitative estimate of drug-likeness (QED) is 0.541. The third-order valence-electron chi connectivity index (χ3n) is 4.31. The van der Waals surface area contributed by atoms with Crippen molar-refractivity contribution in [3.8, 4) is 22.3 Å².